The summed E-state index contributed by atoms with van der Waals surface area (Å²) < 4.78 is 5.62. The van der Waals surface area contributed by atoms with Gasteiger partial charge in [0.1, 0.15) is 5.75 Å². The molecule has 6 heteroatoms. The average molecular weight is 366 g/mol. The maximum Gasteiger partial charge on any atom is 0.251 e. The van der Waals surface area contributed by atoms with Crippen LogP contribution in [0.1, 0.15) is 35.7 Å². The molecule has 1 aliphatic rings. The van der Waals surface area contributed by atoms with Crippen LogP contribution < -0.4 is 20.7 Å². The molecule has 0 atom stereocenters. The van der Waals surface area contributed by atoms with Crippen molar-refractivity contribution in [2.24, 2.45) is 4.99 Å². The third-order valence-corrected chi connectivity index (χ3v) is 4.23. The van der Waals surface area contributed by atoms with Crippen LogP contribution >= 0.6 is 0 Å². The van der Waals surface area contributed by atoms with Crippen LogP contribution in [0.15, 0.2) is 53.5 Å². The third-order valence-electron chi connectivity index (χ3n) is 4.23. The molecular formula is C21H26N4O2. The monoisotopic (exact) mass is 366 g/mol. The lowest BCUT2D eigenvalue weighted by atomic mass is 10.1. The number of aliphatic imine (C=N–C) groups is 1. The van der Waals surface area contributed by atoms with E-state index in [0.717, 1.165) is 48.9 Å². The minimum atomic E-state index is -0.0955. The second kappa shape index (κ2) is 9.62. The predicted molar refractivity (Wildman–Crippen MR) is 108 cm³/mol. The zero-order valence-electron chi connectivity index (χ0n) is 15.6. The van der Waals surface area contributed by atoms with Gasteiger partial charge in [-0.1, -0.05) is 25.5 Å². The van der Waals surface area contributed by atoms with E-state index in [1.54, 1.807) is 12.1 Å². The molecule has 27 heavy (non-hydrogen) atoms. The Balaban J connectivity index is 1.46. The highest BCUT2D eigenvalue weighted by molar-refractivity contribution is 5.95. The van der Waals surface area contributed by atoms with Gasteiger partial charge in [-0.05, 0) is 48.4 Å². The van der Waals surface area contributed by atoms with Crippen molar-refractivity contribution in [1.29, 1.82) is 0 Å². The number of carbonyl (C=O) groups excluding carboxylic acids is 1. The van der Waals surface area contributed by atoms with Crippen molar-refractivity contribution in [1.82, 2.24) is 10.6 Å². The Morgan fingerprint density at radius 1 is 1.15 bits per heavy atom. The van der Waals surface area contributed by atoms with Crippen LogP contribution in [0, 0.1) is 0 Å². The number of guanidine groups is 1. The van der Waals surface area contributed by atoms with Gasteiger partial charge in [-0.25, -0.2) is 0 Å². The van der Waals surface area contributed by atoms with E-state index in [1.165, 1.54) is 0 Å². The lowest BCUT2D eigenvalue weighted by molar-refractivity contribution is 0.0951. The van der Waals surface area contributed by atoms with E-state index < -0.39 is 0 Å². The zero-order valence-corrected chi connectivity index (χ0v) is 15.6. The fraction of sp³-hybridized carbons (Fsp3) is 0.333. The molecule has 0 spiro atoms. The minimum Gasteiger partial charge on any atom is -0.494 e. The first-order chi connectivity index (χ1) is 13.2. The van der Waals surface area contributed by atoms with E-state index in [2.05, 4.69) is 27.9 Å². The highest BCUT2D eigenvalue weighted by atomic mass is 16.5. The third kappa shape index (κ3) is 5.74. The Labute approximate surface area is 160 Å². The highest BCUT2D eigenvalue weighted by Gasteiger charge is 2.07. The molecule has 0 saturated carbocycles. The van der Waals surface area contributed by atoms with Crippen molar-refractivity contribution in [2.45, 2.75) is 26.3 Å². The van der Waals surface area contributed by atoms with Gasteiger partial charge in [-0.15, -0.1) is 0 Å². The molecule has 1 aliphatic heterocycles. The molecule has 0 bridgehead atoms. The Morgan fingerprint density at radius 3 is 2.59 bits per heavy atom. The molecule has 0 aliphatic carbocycles. The second-order valence-electron chi connectivity index (χ2n) is 6.39. The number of hydrogen-bond donors (Lipinski definition) is 3. The average Bonchev–Trinajstić information content (AvgIpc) is 3.21. The molecule has 0 aromatic heterocycles. The summed E-state index contributed by atoms with van der Waals surface area (Å²) in [6.45, 7) is 4.99. The molecule has 6 nitrogen and oxygen atoms in total. The Morgan fingerprint density at radius 2 is 1.93 bits per heavy atom. The van der Waals surface area contributed by atoms with E-state index in [0.29, 0.717) is 18.7 Å². The quantitative estimate of drug-likeness (QED) is 0.628. The van der Waals surface area contributed by atoms with Crippen LogP contribution in [-0.4, -0.2) is 31.6 Å². The fourth-order valence-electron chi connectivity index (χ4n) is 2.65. The van der Waals surface area contributed by atoms with E-state index >= 15 is 0 Å². The number of carbonyl (C=O) groups is 1. The normalized spacial score (nSPS) is 12.9. The van der Waals surface area contributed by atoms with Crippen LogP contribution in [0.4, 0.5) is 5.69 Å². The topological polar surface area (TPSA) is 74.8 Å². The minimum absolute atomic E-state index is 0.0955. The molecule has 2 aromatic rings. The number of nitrogens with one attached hydrogen (secondary N) is 3. The summed E-state index contributed by atoms with van der Waals surface area (Å²) in [5, 5.41) is 9.33. The van der Waals surface area contributed by atoms with Gasteiger partial charge in [-0.3, -0.25) is 9.79 Å². The number of hydrogen-bond acceptors (Lipinski definition) is 5. The molecular weight excluding hydrogens is 340 g/mol. The highest BCUT2D eigenvalue weighted by Crippen LogP contribution is 2.13. The number of nitrogens with zero attached hydrogens (tertiary/aromatic N) is 1. The SMILES string of the molecule is CCCCOc1ccc(C(=O)NCc2ccc(NC3=NCCN3)cc2)cc1. The number of amides is 1. The predicted octanol–water partition coefficient (Wildman–Crippen LogP) is 3.17. The largest absolute Gasteiger partial charge is 0.494 e. The zero-order chi connectivity index (χ0) is 18.9. The second-order valence-corrected chi connectivity index (χ2v) is 6.39. The number of anilines is 1. The van der Waals surface area contributed by atoms with Gasteiger partial charge in [0, 0.05) is 24.3 Å². The summed E-state index contributed by atoms with van der Waals surface area (Å²) in [6.07, 6.45) is 2.13. The summed E-state index contributed by atoms with van der Waals surface area (Å²) in [7, 11) is 0. The molecule has 142 valence electrons. The number of ether oxygens (including phenoxy) is 1. The van der Waals surface area contributed by atoms with Crippen molar-refractivity contribution < 1.29 is 9.53 Å². The van der Waals surface area contributed by atoms with Gasteiger partial charge in [0.05, 0.1) is 13.2 Å². The molecule has 2 aromatic carbocycles. The number of unbranched alkanes of at least 4 members (excludes halogenated alkanes) is 1. The first-order valence-corrected chi connectivity index (χ1v) is 9.40. The van der Waals surface area contributed by atoms with Crippen molar-refractivity contribution in [3.8, 4) is 5.75 Å². The Kier molecular flexibility index (Phi) is 6.68. The standard InChI is InChI=1S/C21H26N4O2/c1-2-3-14-27-19-10-6-17(7-11-19)20(26)24-15-16-4-8-18(9-5-16)25-21-22-12-13-23-21/h4-11H,2-3,12-15H2,1H3,(H,24,26)(H2,22,23,25). The maximum atomic E-state index is 12.3. The Bertz CT molecular complexity index is 770. The molecule has 0 saturated heterocycles. The Hall–Kier alpha value is -3.02. The van der Waals surface area contributed by atoms with Gasteiger partial charge in [0.25, 0.3) is 5.91 Å². The first-order valence-electron chi connectivity index (χ1n) is 9.40. The molecule has 0 fully saturated rings. The van der Waals surface area contributed by atoms with Gasteiger partial charge < -0.3 is 20.7 Å². The molecule has 3 N–H and O–H groups in total. The van der Waals surface area contributed by atoms with Crippen molar-refractivity contribution in [2.75, 3.05) is 25.0 Å². The van der Waals surface area contributed by atoms with Gasteiger partial charge in [-0.2, -0.15) is 0 Å². The molecule has 0 radical (unpaired) electrons. The van der Waals surface area contributed by atoms with Crippen LogP contribution in [0.5, 0.6) is 5.75 Å². The van der Waals surface area contributed by atoms with E-state index in [9.17, 15) is 4.79 Å². The molecule has 0 unspecified atom stereocenters. The summed E-state index contributed by atoms with van der Waals surface area (Å²) in [4.78, 5) is 16.6. The van der Waals surface area contributed by atoms with Gasteiger partial charge in [0.2, 0.25) is 0 Å². The van der Waals surface area contributed by atoms with Gasteiger partial charge >= 0.3 is 0 Å². The molecule has 1 heterocycles. The summed E-state index contributed by atoms with van der Waals surface area (Å²) in [5.41, 5.74) is 2.63. The van der Waals surface area contributed by atoms with Crippen LogP contribution in [0.3, 0.4) is 0 Å². The van der Waals surface area contributed by atoms with Crippen molar-refractivity contribution in [3.05, 3.63) is 59.7 Å². The lowest BCUT2D eigenvalue weighted by Crippen LogP contribution is -2.26. The number of rotatable bonds is 8. The maximum absolute atomic E-state index is 12.3. The van der Waals surface area contributed by atoms with Crippen LogP contribution in [-0.2, 0) is 6.54 Å². The summed E-state index contributed by atoms with van der Waals surface area (Å²) in [5.74, 6) is 1.50. The van der Waals surface area contributed by atoms with E-state index in [4.69, 9.17) is 4.74 Å². The van der Waals surface area contributed by atoms with E-state index in [-0.39, 0.29) is 5.91 Å². The summed E-state index contributed by atoms with van der Waals surface area (Å²) in [6, 6.07) is 15.2. The number of benzene rings is 2. The first kappa shape index (κ1) is 18.8. The van der Waals surface area contributed by atoms with Crippen LogP contribution in [0.2, 0.25) is 0 Å². The van der Waals surface area contributed by atoms with Crippen molar-refractivity contribution in [3.63, 3.8) is 0 Å². The summed E-state index contributed by atoms with van der Waals surface area (Å²) >= 11 is 0. The van der Waals surface area contributed by atoms with Gasteiger partial charge in [0.15, 0.2) is 5.96 Å². The molecule has 1 amide bonds. The lowest BCUT2D eigenvalue weighted by Gasteiger charge is -2.09. The van der Waals surface area contributed by atoms with Crippen LogP contribution in [0.25, 0.3) is 0 Å². The molecule has 3 rings (SSSR count). The van der Waals surface area contributed by atoms with Crippen molar-refractivity contribution >= 4 is 17.6 Å². The smallest absolute Gasteiger partial charge is 0.251 e. The van der Waals surface area contributed by atoms with E-state index in [1.807, 2.05) is 36.4 Å². The fourth-order valence-corrected chi connectivity index (χ4v) is 2.65.